The average Bonchev–Trinajstić information content (AvgIpc) is 2.41. The molecule has 2 aromatic rings. The van der Waals surface area contributed by atoms with Crippen LogP contribution in [0.1, 0.15) is 0 Å². The minimum atomic E-state index is -3.91. The number of para-hydroxylation sites is 1. The normalized spacial score (nSPS) is 11.1. The third-order valence-corrected chi connectivity index (χ3v) is 4.47. The maximum atomic E-state index is 12.1. The Hall–Kier alpha value is -2.12. The predicted molar refractivity (Wildman–Crippen MR) is 80.8 cm³/mol. The molecular weight excluding hydrogens is 314 g/mol. The summed E-state index contributed by atoms with van der Waals surface area (Å²) in [4.78, 5) is 15.6. The molecule has 0 atom stereocenters. The number of amides is 1. The van der Waals surface area contributed by atoms with Crippen molar-refractivity contribution in [3.05, 3.63) is 47.6 Å². The molecule has 1 heterocycles. The van der Waals surface area contributed by atoms with Crippen LogP contribution in [-0.4, -0.2) is 25.1 Å². The van der Waals surface area contributed by atoms with E-state index in [0.29, 0.717) is 10.7 Å². The maximum absolute atomic E-state index is 12.1. The van der Waals surface area contributed by atoms with Crippen LogP contribution >= 0.6 is 11.6 Å². The van der Waals surface area contributed by atoms with Crippen LogP contribution in [0.2, 0.25) is 5.02 Å². The summed E-state index contributed by atoms with van der Waals surface area (Å²) in [5.41, 5.74) is 5.91. The summed E-state index contributed by atoms with van der Waals surface area (Å²) in [5, 5.41) is 2.45. The molecule has 2 rings (SSSR count). The summed E-state index contributed by atoms with van der Waals surface area (Å²) in [6.45, 7) is 0. The van der Waals surface area contributed by atoms with E-state index in [1.165, 1.54) is 18.3 Å². The number of rotatable bonds is 4. The van der Waals surface area contributed by atoms with Gasteiger partial charge in [-0.05, 0) is 24.3 Å². The number of hydrogen-bond donors (Lipinski definition) is 2. The summed E-state index contributed by atoms with van der Waals surface area (Å²) in [7, 11) is -3.91. The van der Waals surface area contributed by atoms with Crippen molar-refractivity contribution in [2.75, 3.05) is 16.8 Å². The number of carbonyl (C=O) groups excluding carboxylic acids is 1. The van der Waals surface area contributed by atoms with Gasteiger partial charge < -0.3 is 11.1 Å². The minimum absolute atomic E-state index is 0.00282. The molecule has 3 N–H and O–H groups in total. The van der Waals surface area contributed by atoms with E-state index in [-0.39, 0.29) is 10.7 Å². The Balaban J connectivity index is 2.16. The lowest BCUT2D eigenvalue weighted by Crippen LogP contribution is -2.24. The molecule has 0 saturated carbocycles. The zero-order chi connectivity index (χ0) is 15.5. The summed E-state index contributed by atoms with van der Waals surface area (Å²) < 4.78 is 24.2. The maximum Gasteiger partial charge on any atom is 0.240 e. The standard InChI is InChI=1S/C13H12ClN3O3S/c14-9-4-1-2-6-11(9)17-12(18)8-21(19,20)13-10(15)5-3-7-16-13/h1-7H,8,15H2,(H,17,18). The average molecular weight is 326 g/mol. The predicted octanol–water partition coefficient (Wildman–Crippen LogP) is 1.73. The highest BCUT2D eigenvalue weighted by Crippen LogP contribution is 2.21. The molecule has 0 spiro atoms. The number of benzene rings is 1. The molecule has 0 aliphatic carbocycles. The molecule has 21 heavy (non-hydrogen) atoms. The minimum Gasteiger partial charge on any atom is -0.396 e. The number of pyridine rings is 1. The SMILES string of the molecule is Nc1cccnc1S(=O)(=O)CC(=O)Nc1ccccc1Cl. The van der Waals surface area contributed by atoms with Crippen LogP contribution in [0, 0.1) is 0 Å². The smallest absolute Gasteiger partial charge is 0.240 e. The van der Waals surface area contributed by atoms with E-state index in [9.17, 15) is 13.2 Å². The van der Waals surface area contributed by atoms with Gasteiger partial charge in [-0.2, -0.15) is 0 Å². The van der Waals surface area contributed by atoms with Crippen molar-refractivity contribution < 1.29 is 13.2 Å². The van der Waals surface area contributed by atoms with Crippen molar-refractivity contribution in [3.8, 4) is 0 Å². The van der Waals surface area contributed by atoms with Crippen molar-refractivity contribution in [1.29, 1.82) is 0 Å². The van der Waals surface area contributed by atoms with E-state index in [1.54, 1.807) is 24.3 Å². The van der Waals surface area contributed by atoms with E-state index in [4.69, 9.17) is 17.3 Å². The van der Waals surface area contributed by atoms with Crippen LogP contribution in [0.3, 0.4) is 0 Å². The van der Waals surface area contributed by atoms with Gasteiger partial charge in [0.1, 0.15) is 5.75 Å². The van der Waals surface area contributed by atoms with Crippen molar-refractivity contribution in [2.24, 2.45) is 0 Å². The second kappa shape index (κ2) is 6.11. The fourth-order valence-corrected chi connectivity index (χ4v) is 3.04. The molecule has 1 amide bonds. The largest absolute Gasteiger partial charge is 0.396 e. The first kappa shape index (κ1) is 15.3. The first-order chi connectivity index (χ1) is 9.90. The summed E-state index contributed by atoms with van der Waals surface area (Å²) in [6, 6.07) is 9.45. The molecule has 0 aliphatic heterocycles. The number of aromatic nitrogens is 1. The van der Waals surface area contributed by atoms with Gasteiger partial charge in [0.15, 0.2) is 5.03 Å². The van der Waals surface area contributed by atoms with Gasteiger partial charge >= 0.3 is 0 Å². The highest BCUT2D eigenvalue weighted by Gasteiger charge is 2.23. The number of carbonyl (C=O) groups is 1. The zero-order valence-corrected chi connectivity index (χ0v) is 12.4. The van der Waals surface area contributed by atoms with E-state index in [1.807, 2.05) is 0 Å². The number of nitrogens with two attached hydrogens (primary N) is 1. The van der Waals surface area contributed by atoms with Gasteiger partial charge in [-0.15, -0.1) is 0 Å². The number of nitrogens with zero attached hydrogens (tertiary/aromatic N) is 1. The van der Waals surface area contributed by atoms with Crippen LogP contribution in [0.5, 0.6) is 0 Å². The van der Waals surface area contributed by atoms with Crippen molar-refractivity contribution in [1.82, 2.24) is 4.98 Å². The van der Waals surface area contributed by atoms with Crippen LogP contribution in [0.4, 0.5) is 11.4 Å². The monoisotopic (exact) mass is 325 g/mol. The molecule has 1 aromatic heterocycles. The van der Waals surface area contributed by atoms with Gasteiger partial charge in [0.2, 0.25) is 15.7 Å². The lowest BCUT2D eigenvalue weighted by molar-refractivity contribution is -0.113. The molecule has 0 fully saturated rings. The Kier molecular flexibility index (Phi) is 4.44. The molecule has 6 nitrogen and oxygen atoms in total. The molecule has 0 unspecified atom stereocenters. The highest BCUT2D eigenvalue weighted by molar-refractivity contribution is 7.92. The molecule has 8 heteroatoms. The van der Waals surface area contributed by atoms with E-state index < -0.39 is 21.5 Å². The van der Waals surface area contributed by atoms with Crippen LogP contribution in [0.25, 0.3) is 0 Å². The van der Waals surface area contributed by atoms with Crippen LogP contribution in [0.15, 0.2) is 47.6 Å². The Morgan fingerprint density at radius 1 is 1.24 bits per heavy atom. The molecule has 0 saturated heterocycles. The summed E-state index contributed by atoms with van der Waals surface area (Å²) >= 11 is 5.89. The second-order valence-electron chi connectivity index (χ2n) is 4.18. The lowest BCUT2D eigenvalue weighted by atomic mass is 10.3. The number of nitrogens with one attached hydrogen (secondary N) is 1. The van der Waals surface area contributed by atoms with Gasteiger partial charge in [0.25, 0.3) is 0 Å². The zero-order valence-electron chi connectivity index (χ0n) is 10.8. The topological polar surface area (TPSA) is 102 Å². The third kappa shape index (κ3) is 3.71. The van der Waals surface area contributed by atoms with E-state index >= 15 is 0 Å². The van der Waals surface area contributed by atoms with Gasteiger partial charge in [-0.25, -0.2) is 13.4 Å². The summed E-state index contributed by atoms with van der Waals surface area (Å²) in [5.74, 6) is -1.48. The van der Waals surface area contributed by atoms with Gasteiger partial charge in [-0.1, -0.05) is 23.7 Å². The Morgan fingerprint density at radius 2 is 1.95 bits per heavy atom. The fraction of sp³-hybridized carbons (Fsp3) is 0.0769. The van der Waals surface area contributed by atoms with Gasteiger partial charge in [-0.3, -0.25) is 4.79 Å². The Morgan fingerprint density at radius 3 is 2.62 bits per heavy atom. The number of anilines is 2. The molecular formula is C13H12ClN3O3S. The number of hydrogen-bond acceptors (Lipinski definition) is 5. The number of sulfone groups is 1. The first-order valence-corrected chi connectivity index (χ1v) is 7.91. The van der Waals surface area contributed by atoms with Crippen molar-refractivity contribution in [3.63, 3.8) is 0 Å². The van der Waals surface area contributed by atoms with Gasteiger partial charge in [0.05, 0.1) is 16.4 Å². The van der Waals surface area contributed by atoms with Crippen LogP contribution in [-0.2, 0) is 14.6 Å². The van der Waals surface area contributed by atoms with E-state index in [0.717, 1.165) is 0 Å². The molecule has 0 radical (unpaired) electrons. The Bertz CT molecular complexity index is 778. The highest BCUT2D eigenvalue weighted by atomic mass is 35.5. The molecule has 1 aromatic carbocycles. The van der Waals surface area contributed by atoms with Crippen molar-refractivity contribution in [2.45, 2.75) is 5.03 Å². The van der Waals surface area contributed by atoms with Crippen molar-refractivity contribution >= 4 is 38.7 Å². The molecule has 110 valence electrons. The number of halogens is 1. The quantitative estimate of drug-likeness (QED) is 0.891. The first-order valence-electron chi connectivity index (χ1n) is 5.88. The second-order valence-corrected chi connectivity index (χ2v) is 6.50. The number of nitrogen functional groups attached to an aromatic ring is 1. The molecule has 0 aliphatic rings. The van der Waals surface area contributed by atoms with Crippen LogP contribution < -0.4 is 11.1 Å². The third-order valence-electron chi connectivity index (χ3n) is 2.56. The lowest BCUT2D eigenvalue weighted by Gasteiger charge is -2.08. The van der Waals surface area contributed by atoms with E-state index in [2.05, 4.69) is 10.3 Å². The molecule has 0 bridgehead atoms. The van der Waals surface area contributed by atoms with Gasteiger partial charge in [0, 0.05) is 6.20 Å². The Labute approximate surface area is 126 Å². The fourth-order valence-electron chi connectivity index (χ4n) is 1.65. The summed E-state index contributed by atoms with van der Waals surface area (Å²) in [6.07, 6.45) is 1.30.